The molecule has 2 aromatic carbocycles. The van der Waals surface area contributed by atoms with E-state index in [4.69, 9.17) is 9.97 Å². The first-order valence-electron chi connectivity index (χ1n) is 9.69. The minimum atomic E-state index is 0.465. The van der Waals surface area contributed by atoms with Crippen LogP contribution in [-0.4, -0.2) is 65.6 Å². The molecule has 140 valence electrons. The fraction of sp³-hybridized carbons (Fsp3) is 0.364. The molecule has 1 unspecified atom stereocenters. The summed E-state index contributed by atoms with van der Waals surface area (Å²) in [6.07, 6.45) is 0. The van der Waals surface area contributed by atoms with E-state index in [0.29, 0.717) is 6.04 Å². The molecule has 0 spiro atoms. The molecule has 4 rings (SSSR count). The number of rotatable bonds is 5. The minimum Gasteiger partial charge on any atom is -0.368 e. The number of likely N-dealkylation sites (N-methyl/N-ethyl adjacent to an activating group) is 1. The van der Waals surface area contributed by atoms with Crippen LogP contribution in [0, 0.1) is 0 Å². The van der Waals surface area contributed by atoms with Crippen LogP contribution in [0.3, 0.4) is 0 Å². The van der Waals surface area contributed by atoms with Crippen molar-refractivity contribution in [2.45, 2.75) is 13.0 Å². The summed E-state index contributed by atoms with van der Waals surface area (Å²) in [6.45, 7) is 7.69. The van der Waals surface area contributed by atoms with Gasteiger partial charge in [-0.15, -0.1) is 0 Å². The van der Waals surface area contributed by atoms with Gasteiger partial charge in [0.1, 0.15) is 5.82 Å². The van der Waals surface area contributed by atoms with Crippen molar-refractivity contribution in [1.82, 2.24) is 19.8 Å². The number of fused-ring (bicyclic) bond motifs is 1. The average molecular weight is 361 g/mol. The molecule has 5 nitrogen and oxygen atoms in total. The highest BCUT2D eigenvalue weighted by Gasteiger charge is 2.19. The fourth-order valence-electron chi connectivity index (χ4n) is 3.56. The van der Waals surface area contributed by atoms with Crippen LogP contribution in [0.4, 0.5) is 5.82 Å². The predicted octanol–water partition coefficient (Wildman–Crippen LogP) is 3.34. The topological polar surface area (TPSA) is 44.3 Å². The van der Waals surface area contributed by atoms with Crippen molar-refractivity contribution in [2.75, 3.05) is 45.1 Å². The van der Waals surface area contributed by atoms with Crippen LogP contribution in [0.5, 0.6) is 0 Å². The number of anilines is 1. The first kappa shape index (κ1) is 17.9. The SMILES string of the molecule is CC(CNc1nc(-c2ccccc2)nc2ccccc12)N1CCN(C)CC1. The van der Waals surface area contributed by atoms with Crippen LogP contribution in [0.2, 0.25) is 0 Å². The third kappa shape index (κ3) is 4.10. The molecule has 1 atom stereocenters. The van der Waals surface area contributed by atoms with Crippen LogP contribution in [0.15, 0.2) is 54.6 Å². The summed E-state index contributed by atoms with van der Waals surface area (Å²) in [4.78, 5) is 14.6. The smallest absolute Gasteiger partial charge is 0.162 e. The van der Waals surface area contributed by atoms with E-state index in [1.165, 1.54) is 0 Å². The predicted molar refractivity (Wildman–Crippen MR) is 112 cm³/mol. The Kier molecular flexibility index (Phi) is 5.32. The fourth-order valence-corrected chi connectivity index (χ4v) is 3.56. The number of benzene rings is 2. The molecule has 0 bridgehead atoms. The van der Waals surface area contributed by atoms with Gasteiger partial charge in [0.25, 0.3) is 0 Å². The van der Waals surface area contributed by atoms with E-state index in [0.717, 1.165) is 60.8 Å². The second-order valence-corrected chi connectivity index (χ2v) is 7.35. The van der Waals surface area contributed by atoms with E-state index in [1.807, 2.05) is 30.3 Å². The molecule has 1 fully saturated rings. The Morgan fingerprint density at radius 1 is 0.926 bits per heavy atom. The number of hydrogen-bond donors (Lipinski definition) is 1. The molecular formula is C22H27N5. The Labute approximate surface area is 161 Å². The van der Waals surface area contributed by atoms with Gasteiger partial charge in [-0.3, -0.25) is 4.90 Å². The van der Waals surface area contributed by atoms with Crippen LogP contribution in [0.25, 0.3) is 22.3 Å². The van der Waals surface area contributed by atoms with Gasteiger partial charge in [0.15, 0.2) is 5.82 Å². The monoisotopic (exact) mass is 361 g/mol. The van der Waals surface area contributed by atoms with Crippen molar-refractivity contribution in [1.29, 1.82) is 0 Å². The molecule has 1 aliphatic heterocycles. The zero-order chi connectivity index (χ0) is 18.6. The highest BCUT2D eigenvalue weighted by atomic mass is 15.3. The third-order valence-corrected chi connectivity index (χ3v) is 5.36. The van der Waals surface area contributed by atoms with Crippen molar-refractivity contribution in [3.05, 3.63) is 54.6 Å². The lowest BCUT2D eigenvalue weighted by Crippen LogP contribution is -2.49. The largest absolute Gasteiger partial charge is 0.368 e. The molecule has 0 radical (unpaired) electrons. The summed E-state index contributed by atoms with van der Waals surface area (Å²) < 4.78 is 0. The maximum absolute atomic E-state index is 4.85. The molecule has 5 heteroatoms. The average Bonchev–Trinajstić information content (AvgIpc) is 2.72. The molecule has 0 saturated carbocycles. The number of piperazine rings is 1. The standard InChI is InChI=1S/C22H27N5/c1-17(27-14-12-26(2)13-15-27)16-23-22-19-10-6-7-11-20(19)24-21(25-22)18-8-4-3-5-9-18/h3-11,17H,12-16H2,1-2H3,(H,23,24,25). The lowest BCUT2D eigenvalue weighted by Gasteiger charge is -2.36. The minimum absolute atomic E-state index is 0.465. The van der Waals surface area contributed by atoms with Crippen LogP contribution in [-0.2, 0) is 0 Å². The number of hydrogen-bond acceptors (Lipinski definition) is 5. The quantitative estimate of drug-likeness (QED) is 0.755. The maximum Gasteiger partial charge on any atom is 0.162 e. The zero-order valence-electron chi connectivity index (χ0n) is 16.1. The summed E-state index contributed by atoms with van der Waals surface area (Å²) in [6, 6.07) is 18.9. The second kappa shape index (κ2) is 8.03. The summed E-state index contributed by atoms with van der Waals surface area (Å²) in [5.74, 6) is 1.68. The summed E-state index contributed by atoms with van der Waals surface area (Å²) >= 11 is 0. The molecule has 0 amide bonds. The molecule has 1 N–H and O–H groups in total. The summed E-state index contributed by atoms with van der Waals surface area (Å²) in [5.41, 5.74) is 2.01. The van der Waals surface area contributed by atoms with Gasteiger partial charge in [0.2, 0.25) is 0 Å². The van der Waals surface area contributed by atoms with E-state index in [1.54, 1.807) is 0 Å². The Hall–Kier alpha value is -2.50. The van der Waals surface area contributed by atoms with Crippen molar-refractivity contribution in [3.8, 4) is 11.4 Å². The molecule has 1 aromatic heterocycles. The number of aromatic nitrogens is 2. The number of nitrogens with zero attached hydrogens (tertiary/aromatic N) is 4. The van der Waals surface area contributed by atoms with Gasteiger partial charge < -0.3 is 10.2 Å². The molecular weight excluding hydrogens is 334 g/mol. The Bertz CT molecular complexity index is 888. The van der Waals surface area contributed by atoms with E-state index < -0.39 is 0 Å². The van der Waals surface area contributed by atoms with Crippen molar-refractivity contribution < 1.29 is 0 Å². The van der Waals surface area contributed by atoms with E-state index in [9.17, 15) is 0 Å². The van der Waals surface area contributed by atoms with Crippen molar-refractivity contribution in [3.63, 3.8) is 0 Å². The maximum atomic E-state index is 4.85. The number of nitrogens with one attached hydrogen (secondary N) is 1. The van der Waals surface area contributed by atoms with Gasteiger partial charge in [-0.25, -0.2) is 9.97 Å². The van der Waals surface area contributed by atoms with Gasteiger partial charge in [-0.05, 0) is 26.1 Å². The lowest BCUT2D eigenvalue weighted by molar-refractivity contribution is 0.123. The van der Waals surface area contributed by atoms with Crippen LogP contribution >= 0.6 is 0 Å². The van der Waals surface area contributed by atoms with Crippen molar-refractivity contribution >= 4 is 16.7 Å². The molecule has 27 heavy (non-hydrogen) atoms. The van der Waals surface area contributed by atoms with Crippen molar-refractivity contribution in [2.24, 2.45) is 0 Å². The van der Waals surface area contributed by atoms with E-state index >= 15 is 0 Å². The van der Waals surface area contributed by atoms with E-state index in [-0.39, 0.29) is 0 Å². The first-order valence-corrected chi connectivity index (χ1v) is 9.69. The summed E-state index contributed by atoms with van der Waals surface area (Å²) in [5, 5.41) is 4.67. The highest BCUT2D eigenvalue weighted by molar-refractivity contribution is 5.90. The highest BCUT2D eigenvalue weighted by Crippen LogP contribution is 2.25. The van der Waals surface area contributed by atoms with Gasteiger partial charge in [0.05, 0.1) is 5.52 Å². The van der Waals surface area contributed by atoms with Gasteiger partial charge in [-0.2, -0.15) is 0 Å². The molecule has 2 heterocycles. The Morgan fingerprint density at radius 2 is 1.63 bits per heavy atom. The molecule has 0 aliphatic carbocycles. The lowest BCUT2D eigenvalue weighted by atomic mass is 10.1. The Balaban J connectivity index is 1.57. The normalized spacial score (nSPS) is 17.1. The molecule has 3 aromatic rings. The van der Waals surface area contributed by atoms with Crippen LogP contribution < -0.4 is 5.32 Å². The van der Waals surface area contributed by atoms with Gasteiger partial charge in [0, 0.05) is 49.7 Å². The molecule has 1 saturated heterocycles. The second-order valence-electron chi connectivity index (χ2n) is 7.35. The van der Waals surface area contributed by atoms with Gasteiger partial charge in [-0.1, -0.05) is 42.5 Å². The molecule has 1 aliphatic rings. The first-order chi connectivity index (χ1) is 13.2. The van der Waals surface area contributed by atoms with E-state index in [2.05, 4.69) is 53.4 Å². The van der Waals surface area contributed by atoms with Crippen LogP contribution in [0.1, 0.15) is 6.92 Å². The Morgan fingerprint density at radius 3 is 2.41 bits per heavy atom. The third-order valence-electron chi connectivity index (χ3n) is 5.36. The summed E-state index contributed by atoms with van der Waals surface area (Å²) in [7, 11) is 2.19. The number of para-hydroxylation sites is 1. The zero-order valence-corrected chi connectivity index (χ0v) is 16.1. The van der Waals surface area contributed by atoms with Gasteiger partial charge >= 0.3 is 0 Å².